The molecule has 4 aliphatic rings. The summed E-state index contributed by atoms with van der Waals surface area (Å²) in [6, 6.07) is 20.5. The average molecular weight is 421 g/mol. The second-order valence-corrected chi connectivity index (χ2v) is 8.72. The third kappa shape index (κ3) is 3.75. The quantitative estimate of drug-likeness (QED) is 0.744. The van der Waals surface area contributed by atoms with Gasteiger partial charge in [-0.05, 0) is 12.8 Å². The summed E-state index contributed by atoms with van der Waals surface area (Å²) in [4.78, 5) is 27.5. The Balaban J connectivity index is 0.000000132. The number of hydrogen-bond donors (Lipinski definition) is 0. The Morgan fingerprint density at radius 3 is 1.94 bits per heavy atom. The highest BCUT2D eigenvalue weighted by atomic mass is 16.5. The third-order valence-corrected chi connectivity index (χ3v) is 6.64. The summed E-state index contributed by atoms with van der Waals surface area (Å²) < 4.78 is 11.4. The van der Waals surface area contributed by atoms with Crippen LogP contribution >= 0.6 is 0 Å². The van der Waals surface area contributed by atoms with Crippen LogP contribution in [0.2, 0.25) is 0 Å². The second kappa shape index (κ2) is 8.44. The molecule has 0 spiro atoms. The lowest BCUT2D eigenvalue weighted by Gasteiger charge is -2.22. The van der Waals surface area contributed by atoms with Crippen LogP contribution in [0.4, 0.5) is 0 Å². The average Bonchev–Trinajstić information content (AvgIpc) is 3.56. The van der Waals surface area contributed by atoms with Gasteiger partial charge in [0.05, 0.1) is 25.3 Å². The number of carbonyl (C=O) groups excluding carboxylic acids is 2. The molecule has 4 aliphatic heterocycles. The molecule has 2 aromatic carbocycles. The highest BCUT2D eigenvalue weighted by molar-refractivity contribution is 5.82. The highest BCUT2D eigenvalue weighted by Gasteiger charge is 2.46. The van der Waals surface area contributed by atoms with Crippen molar-refractivity contribution in [3.05, 3.63) is 71.8 Å². The molecule has 6 nitrogen and oxygen atoms in total. The lowest BCUT2D eigenvalue weighted by Crippen LogP contribution is -2.31. The van der Waals surface area contributed by atoms with E-state index in [9.17, 15) is 9.59 Å². The number of fused-ring (bicyclic) bond motifs is 2. The molecule has 0 radical (unpaired) electrons. The smallest absolute Gasteiger partial charge is 0.228 e. The normalized spacial score (nSPS) is 31.5. The molecule has 0 saturated carbocycles. The zero-order chi connectivity index (χ0) is 21.4. The van der Waals surface area contributed by atoms with E-state index in [1.54, 1.807) is 0 Å². The number of rotatable bonds is 2. The molecule has 0 bridgehead atoms. The van der Waals surface area contributed by atoms with Crippen LogP contribution in [0.25, 0.3) is 0 Å². The molecule has 0 N–H and O–H groups in total. The Kier molecular flexibility index (Phi) is 5.50. The molecule has 31 heavy (non-hydrogen) atoms. The van der Waals surface area contributed by atoms with Gasteiger partial charge in [-0.25, -0.2) is 0 Å². The third-order valence-electron chi connectivity index (χ3n) is 6.64. The molecule has 0 aliphatic carbocycles. The molecule has 4 heterocycles. The van der Waals surface area contributed by atoms with Crippen molar-refractivity contribution in [2.45, 2.75) is 50.7 Å². The lowest BCUT2D eigenvalue weighted by atomic mass is 10.1. The molecule has 4 saturated heterocycles. The van der Waals surface area contributed by atoms with Crippen molar-refractivity contribution in [2.75, 3.05) is 13.2 Å². The largest absolute Gasteiger partial charge is 0.352 e. The van der Waals surface area contributed by atoms with Crippen molar-refractivity contribution in [1.82, 2.24) is 9.80 Å². The summed E-state index contributed by atoms with van der Waals surface area (Å²) in [7, 11) is 0. The summed E-state index contributed by atoms with van der Waals surface area (Å²) in [5.41, 5.74) is 2.16. The fraction of sp³-hybridized carbons (Fsp3) is 0.440. The Hall–Kier alpha value is -2.70. The van der Waals surface area contributed by atoms with Crippen LogP contribution in [0.15, 0.2) is 60.7 Å². The molecule has 0 unspecified atom stereocenters. The predicted octanol–water partition coefficient (Wildman–Crippen LogP) is 3.66. The first-order valence-corrected chi connectivity index (χ1v) is 11.1. The zero-order valence-electron chi connectivity index (χ0n) is 17.7. The number of amides is 2. The standard InChI is InChI=1S/C13H15NO2.C12H13NO2/c1-9-7-11-8-16-13(14(11)12(9)15)10-5-3-2-4-6-10;14-11-7-6-10-8-15-12(13(10)11)9-4-2-1-3-5-9/h2-6,9,11,13H,7-8H2,1H3;1-5,10,12H,6-8H2/t9-,11-,13+;10-,12+/m00/s1. The minimum atomic E-state index is -0.163. The molecule has 6 rings (SSSR count). The van der Waals surface area contributed by atoms with Gasteiger partial charge in [-0.3, -0.25) is 9.59 Å². The molecule has 6 heteroatoms. The van der Waals surface area contributed by atoms with Crippen LogP contribution < -0.4 is 0 Å². The van der Waals surface area contributed by atoms with E-state index in [4.69, 9.17) is 9.47 Å². The van der Waals surface area contributed by atoms with Crippen LogP contribution in [0.5, 0.6) is 0 Å². The number of hydrogen-bond acceptors (Lipinski definition) is 4. The van der Waals surface area contributed by atoms with Crippen molar-refractivity contribution in [3.63, 3.8) is 0 Å². The summed E-state index contributed by atoms with van der Waals surface area (Å²) in [5.74, 6) is 0.614. The molecule has 0 aromatic heterocycles. The maximum Gasteiger partial charge on any atom is 0.228 e. The first-order valence-electron chi connectivity index (χ1n) is 11.1. The van der Waals surface area contributed by atoms with Gasteiger partial charge < -0.3 is 19.3 Å². The van der Waals surface area contributed by atoms with Gasteiger partial charge in [0.25, 0.3) is 0 Å². The predicted molar refractivity (Wildman–Crippen MR) is 115 cm³/mol. The summed E-state index contributed by atoms with van der Waals surface area (Å²) in [6.45, 7) is 3.36. The zero-order valence-corrected chi connectivity index (χ0v) is 17.7. The van der Waals surface area contributed by atoms with E-state index in [0.717, 1.165) is 24.0 Å². The van der Waals surface area contributed by atoms with E-state index in [0.29, 0.717) is 25.7 Å². The fourth-order valence-corrected chi connectivity index (χ4v) is 5.07. The van der Waals surface area contributed by atoms with Crippen molar-refractivity contribution in [2.24, 2.45) is 5.92 Å². The highest BCUT2D eigenvalue weighted by Crippen LogP contribution is 2.39. The van der Waals surface area contributed by atoms with Gasteiger partial charge in [-0.1, -0.05) is 67.6 Å². The number of benzene rings is 2. The Morgan fingerprint density at radius 2 is 1.32 bits per heavy atom. The summed E-state index contributed by atoms with van der Waals surface area (Å²) in [6.07, 6.45) is 2.25. The first-order chi connectivity index (χ1) is 15.1. The van der Waals surface area contributed by atoms with Crippen molar-refractivity contribution >= 4 is 11.8 Å². The molecule has 5 atom stereocenters. The van der Waals surface area contributed by atoms with Gasteiger partial charge in [-0.15, -0.1) is 0 Å². The van der Waals surface area contributed by atoms with E-state index in [1.165, 1.54) is 0 Å². The number of carbonyl (C=O) groups is 2. The number of nitrogens with zero attached hydrogens (tertiary/aromatic N) is 2. The monoisotopic (exact) mass is 420 g/mol. The topological polar surface area (TPSA) is 59.1 Å². The van der Waals surface area contributed by atoms with Crippen LogP contribution in [0.1, 0.15) is 49.8 Å². The first kappa shape index (κ1) is 20.2. The van der Waals surface area contributed by atoms with E-state index >= 15 is 0 Å². The lowest BCUT2D eigenvalue weighted by molar-refractivity contribution is -0.137. The van der Waals surface area contributed by atoms with Gasteiger partial charge in [0.15, 0.2) is 12.5 Å². The van der Waals surface area contributed by atoms with Crippen LogP contribution in [-0.2, 0) is 19.1 Å². The van der Waals surface area contributed by atoms with Crippen LogP contribution in [0, 0.1) is 5.92 Å². The summed E-state index contributed by atoms with van der Waals surface area (Å²) in [5, 5.41) is 0. The van der Waals surface area contributed by atoms with E-state index < -0.39 is 0 Å². The number of ether oxygens (including phenoxy) is 2. The van der Waals surface area contributed by atoms with Gasteiger partial charge in [-0.2, -0.15) is 0 Å². The Labute approximate surface area is 182 Å². The molecular weight excluding hydrogens is 392 g/mol. The van der Waals surface area contributed by atoms with E-state index in [1.807, 2.05) is 77.4 Å². The minimum Gasteiger partial charge on any atom is -0.352 e. The van der Waals surface area contributed by atoms with Crippen molar-refractivity contribution in [1.29, 1.82) is 0 Å². The maximum absolute atomic E-state index is 12.0. The molecule has 2 amide bonds. The van der Waals surface area contributed by atoms with Gasteiger partial charge in [0.2, 0.25) is 11.8 Å². The second-order valence-electron chi connectivity index (χ2n) is 8.72. The molecule has 4 fully saturated rings. The van der Waals surface area contributed by atoms with Crippen molar-refractivity contribution < 1.29 is 19.1 Å². The fourth-order valence-electron chi connectivity index (χ4n) is 5.07. The Bertz CT molecular complexity index is 935. The Morgan fingerprint density at radius 1 is 0.774 bits per heavy atom. The molecular formula is C25H28N2O4. The van der Waals surface area contributed by atoms with Gasteiger partial charge in [0.1, 0.15) is 0 Å². The van der Waals surface area contributed by atoms with Crippen LogP contribution in [-0.4, -0.2) is 46.9 Å². The van der Waals surface area contributed by atoms with E-state index in [2.05, 4.69) is 0 Å². The molecule has 162 valence electrons. The maximum atomic E-state index is 12.0. The van der Waals surface area contributed by atoms with Crippen molar-refractivity contribution in [3.8, 4) is 0 Å². The van der Waals surface area contributed by atoms with Crippen LogP contribution in [0.3, 0.4) is 0 Å². The van der Waals surface area contributed by atoms with Gasteiger partial charge in [0, 0.05) is 23.5 Å². The SMILES string of the molecule is C[C@H]1C[C@H]2CO[C@H](c3ccccc3)N2C1=O.O=C1CC[C@H]2CO[C@H](c3ccccc3)N12. The van der Waals surface area contributed by atoms with E-state index in [-0.39, 0.29) is 36.2 Å². The molecule has 2 aromatic rings. The van der Waals surface area contributed by atoms with Gasteiger partial charge >= 0.3 is 0 Å². The summed E-state index contributed by atoms with van der Waals surface area (Å²) >= 11 is 0. The minimum absolute atomic E-state index is 0.147.